The van der Waals surface area contributed by atoms with Crippen LogP contribution in [0.5, 0.6) is 0 Å². The summed E-state index contributed by atoms with van der Waals surface area (Å²) in [6.45, 7) is 13.1. The molecular formula is C22H33ClN6O2. The molecule has 2 N–H and O–H groups in total. The van der Waals surface area contributed by atoms with Crippen LogP contribution in [0.15, 0.2) is 18.2 Å². The van der Waals surface area contributed by atoms with Crippen molar-refractivity contribution in [3.05, 3.63) is 23.2 Å². The molecule has 2 saturated heterocycles. The van der Waals surface area contributed by atoms with Crippen LogP contribution < -0.4 is 10.6 Å². The minimum absolute atomic E-state index is 0.380. The first-order valence-corrected chi connectivity index (χ1v) is 11.6. The molecule has 3 heterocycles. The molecule has 2 fully saturated rings. The number of morpholine rings is 2. The highest BCUT2D eigenvalue weighted by atomic mass is 35.5. The molecular weight excluding hydrogens is 416 g/mol. The number of aromatic nitrogens is 2. The topological polar surface area (TPSA) is 74.8 Å². The number of nitrogens with one attached hydrogen (secondary N) is 2. The molecule has 0 saturated carbocycles. The van der Waals surface area contributed by atoms with Crippen molar-refractivity contribution in [3.63, 3.8) is 0 Å². The van der Waals surface area contributed by atoms with Crippen LogP contribution in [0.1, 0.15) is 13.8 Å². The Balaban J connectivity index is 1.45. The summed E-state index contributed by atoms with van der Waals surface area (Å²) in [5, 5.41) is 8.60. The van der Waals surface area contributed by atoms with Crippen molar-refractivity contribution in [1.82, 2.24) is 19.8 Å². The zero-order chi connectivity index (χ0) is 21.6. The van der Waals surface area contributed by atoms with Gasteiger partial charge in [0.25, 0.3) is 0 Å². The van der Waals surface area contributed by atoms with E-state index in [4.69, 9.17) is 31.0 Å². The quantitative estimate of drug-likeness (QED) is 0.638. The van der Waals surface area contributed by atoms with E-state index in [9.17, 15) is 0 Å². The fourth-order valence-electron chi connectivity index (χ4n) is 4.09. The molecule has 0 radical (unpaired) electrons. The normalized spacial score (nSPS) is 20.5. The van der Waals surface area contributed by atoms with Gasteiger partial charge in [-0.3, -0.25) is 9.80 Å². The third kappa shape index (κ3) is 5.96. The van der Waals surface area contributed by atoms with E-state index >= 15 is 0 Å². The van der Waals surface area contributed by atoms with Gasteiger partial charge < -0.3 is 20.1 Å². The van der Waals surface area contributed by atoms with Gasteiger partial charge in [-0.25, -0.2) is 4.98 Å². The molecule has 4 rings (SSSR count). The molecule has 0 aliphatic carbocycles. The van der Waals surface area contributed by atoms with Crippen LogP contribution in [0.4, 0.5) is 11.8 Å². The summed E-state index contributed by atoms with van der Waals surface area (Å²) in [5.74, 6) is 1.45. The van der Waals surface area contributed by atoms with E-state index in [2.05, 4.69) is 34.3 Å². The maximum Gasteiger partial charge on any atom is 0.225 e. The standard InChI is InChI=1S/C22H33ClN6O2/c1-16(28-5-9-30-10-6-28)14-24-21-19-13-18(23)3-4-20(19)26-22(27-21)25-15-17(2)29-7-11-31-12-8-29/h3-4,13,16-17H,5-12,14-15H2,1-2H3,(H2,24,25,26,27)/t16-,17+/m0/s1. The van der Waals surface area contributed by atoms with Gasteiger partial charge in [0.05, 0.1) is 31.9 Å². The summed E-state index contributed by atoms with van der Waals surface area (Å²) >= 11 is 6.27. The molecule has 8 nitrogen and oxygen atoms in total. The largest absolute Gasteiger partial charge is 0.379 e. The molecule has 2 aliphatic rings. The lowest BCUT2D eigenvalue weighted by Gasteiger charge is -2.32. The molecule has 1 aromatic heterocycles. The van der Waals surface area contributed by atoms with Crippen LogP contribution in [0, 0.1) is 0 Å². The molecule has 9 heteroatoms. The van der Waals surface area contributed by atoms with Crippen LogP contribution >= 0.6 is 11.6 Å². The molecule has 2 atom stereocenters. The van der Waals surface area contributed by atoms with E-state index in [0.717, 1.165) is 82.4 Å². The molecule has 2 aliphatic heterocycles. The van der Waals surface area contributed by atoms with Gasteiger partial charge in [-0.1, -0.05) is 11.6 Å². The third-order valence-electron chi connectivity index (χ3n) is 6.12. The number of hydrogen-bond acceptors (Lipinski definition) is 8. The molecule has 0 amide bonds. The fraction of sp³-hybridized carbons (Fsp3) is 0.636. The van der Waals surface area contributed by atoms with Gasteiger partial charge in [0.15, 0.2) is 0 Å². The van der Waals surface area contributed by atoms with E-state index in [1.165, 1.54) is 0 Å². The molecule has 0 spiro atoms. The first-order chi connectivity index (χ1) is 15.1. The second-order valence-corrected chi connectivity index (χ2v) is 8.75. The van der Waals surface area contributed by atoms with E-state index in [-0.39, 0.29) is 0 Å². The zero-order valence-electron chi connectivity index (χ0n) is 18.4. The molecule has 2 aromatic rings. The molecule has 170 valence electrons. The van der Waals surface area contributed by atoms with Crippen molar-refractivity contribution >= 4 is 34.3 Å². The molecule has 1 aromatic carbocycles. The summed E-state index contributed by atoms with van der Waals surface area (Å²) in [6, 6.07) is 6.51. The highest BCUT2D eigenvalue weighted by Crippen LogP contribution is 2.25. The SMILES string of the molecule is C[C@H](CNc1nc(NC[C@H](C)N2CCOCC2)c2cc(Cl)ccc2n1)N1CCOCC1. The second-order valence-electron chi connectivity index (χ2n) is 8.31. The van der Waals surface area contributed by atoms with Gasteiger partial charge in [0.1, 0.15) is 5.82 Å². The Morgan fingerprint density at radius 2 is 1.48 bits per heavy atom. The zero-order valence-corrected chi connectivity index (χ0v) is 19.2. The van der Waals surface area contributed by atoms with Crippen molar-refractivity contribution in [1.29, 1.82) is 0 Å². The highest BCUT2D eigenvalue weighted by molar-refractivity contribution is 6.31. The lowest BCUT2D eigenvalue weighted by atomic mass is 10.2. The maximum atomic E-state index is 6.27. The van der Waals surface area contributed by atoms with Crippen molar-refractivity contribution in [2.24, 2.45) is 0 Å². The van der Waals surface area contributed by atoms with Gasteiger partial charge >= 0.3 is 0 Å². The Kier molecular flexibility index (Phi) is 7.79. The summed E-state index contributed by atoms with van der Waals surface area (Å²) in [6.07, 6.45) is 0. The summed E-state index contributed by atoms with van der Waals surface area (Å²) in [7, 11) is 0. The minimum Gasteiger partial charge on any atom is -0.379 e. The van der Waals surface area contributed by atoms with Gasteiger partial charge in [0, 0.05) is 61.8 Å². The Bertz CT molecular complexity index is 857. The summed E-state index contributed by atoms with van der Waals surface area (Å²) in [4.78, 5) is 14.4. The number of fused-ring (bicyclic) bond motifs is 1. The average molecular weight is 449 g/mol. The minimum atomic E-state index is 0.380. The van der Waals surface area contributed by atoms with Gasteiger partial charge in [-0.05, 0) is 32.0 Å². The second kappa shape index (κ2) is 10.7. The van der Waals surface area contributed by atoms with E-state index in [1.807, 2.05) is 18.2 Å². The first kappa shape index (κ1) is 22.5. The summed E-state index contributed by atoms with van der Waals surface area (Å²) in [5.41, 5.74) is 0.877. The van der Waals surface area contributed by atoms with E-state index < -0.39 is 0 Å². The number of ether oxygens (including phenoxy) is 2. The number of halogens is 1. The van der Waals surface area contributed by atoms with Gasteiger partial charge in [-0.15, -0.1) is 0 Å². The average Bonchev–Trinajstić information content (AvgIpc) is 2.82. The van der Waals surface area contributed by atoms with Crippen LogP contribution in [0.25, 0.3) is 10.9 Å². The van der Waals surface area contributed by atoms with Crippen LogP contribution in [0.2, 0.25) is 5.02 Å². The predicted octanol–water partition coefficient (Wildman–Crippen LogP) is 2.55. The first-order valence-electron chi connectivity index (χ1n) is 11.2. The molecule has 0 bridgehead atoms. The van der Waals surface area contributed by atoms with Gasteiger partial charge in [0.2, 0.25) is 5.95 Å². The smallest absolute Gasteiger partial charge is 0.225 e. The number of rotatable bonds is 8. The van der Waals surface area contributed by atoms with Gasteiger partial charge in [-0.2, -0.15) is 4.98 Å². The van der Waals surface area contributed by atoms with Crippen LogP contribution in [-0.2, 0) is 9.47 Å². The Morgan fingerprint density at radius 1 is 0.903 bits per heavy atom. The Labute approximate surface area is 189 Å². The number of benzene rings is 1. The number of nitrogens with zero attached hydrogens (tertiary/aromatic N) is 4. The monoisotopic (exact) mass is 448 g/mol. The highest BCUT2D eigenvalue weighted by Gasteiger charge is 2.19. The number of anilines is 2. The van der Waals surface area contributed by atoms with E-state index in [1.54, 1.807) is 0 Å². The predicted molar refractivity (Wildman–Crippen MR) is 125 cm³/mol. The van der Waals surface area contributed by atoms with Crippen LogP contribution in [0.3, 0.4) is 0 Å². The van der Waals surface area contributed by atoms with Crippen molar-refractivity contribution < 1.29 is 9.47 Å². The Hall–Kier alpha value is -1.71. The van der Waals surface area contributed by atoms with Crippen molar-refractivity contribution in [2.75, 3.05) is 76.3 Å². The Morgan fingerprint density at radius 3 is 2.10 bits per heavy atom. The maximum absolute atomic E-state index is 6.27. The van der Waals surface area contributed by atoms with E-state index in [0.29, 0.717) is 23.1 Å². The summed E-state index contributed by atoms with van der Waals surface area (Å²) < 4.78 is 10.9. The lowest BCUT2D eigenvalue weighted by Crippen LogP contribution is -2.45. The molecule has 0 unspecified atom stereocenters. The molecule has 31 heavy (non-hydrogen) atoms. The fourth-order valence-corrected chi connectivity index (χ4v) is 4.26. The van der Waals surface area contributed by atoms with Crippen molar-refractivity contribution in [2.45, 2.75) is 25.9 Å². The number of hydrogen-bond donors (Lipinski definition) is 2. The van der Waals surface area contributed by atoms with Crippen LogP contribution in [-0.4, -0.2) is 97.5 Å². The van der Waals surface area contributed by atoms with Crippen molar-refractivity contribution in [3.8, 4) is 0 Å². The lowest BCUT2D eigenvalue weighted by molar-refractivity contribution is 0.0227. The third-order valence-corrected chi connectivity index (χ3v) is 6.35.